The number of aliphatic imine (C=N–C) groups is 1. The van der Waals surface area contributed by atoms with Crippen molar-refractivity contribution in [3.05, 3.63) is 41.7 Å². The largest absolute Gasteiger partial charge is 0.377 e. The van der Waals surface area contributed by atoms with Crippen molar-refractivity contribution in [3.8, 4) is 0 Å². The highest BCUT2D eigenvalue weighted by atomic mass is 19.1. The molecule has 228 valence electrons. The van der Waals surface area contributed by atoms with E-state index in [1.807, 2.05) is 0 Å². The van der Waals surface area contributed by atoms with Crippen molar-refractivity contribution in [1.29, 1.82) is 0 Å². The highest BCUT2D eigenvalue weighted by Crippen LogP contribution is 2.36. The van der Waals surface area contributed by atoms with Crippen molar-refractivity contribution in [3.63, 3.8) is 0 Å². The average molecular weight is 581 g/mol. The van der Waals surface area contributed by atoms with Crippen molar-refractivity contribution in [2.45, 2.75) is 102 Å². The number of anilines is 2. The van der Waals surface area contributed by atoms with E-state index >= 15 is 0 Å². The molecule has 3 heterocycles. The molecule has 9 heteroatoms. The van der Waals surface area contributed by atoms with Gasteiger partial charge in [0.1, 0.15) is 11.5 Å². The Bertz CT molecular complexity index is 1180. The Balaban J connectivity index is 1.07. The molecule has 0 radical (unpaired) electrons. The number of nitrogens with zero attached hydrogens (tertiary/aromatic N) is 4. The second kappa shape index (κ2) is 14.2. The standard InChI is InChI=1S/C33H46F2N6O/c34-27-9-6-10-28(35)31(27)40-32-24(21-23-7-2-3-8-23)11-16-29-30(38-32)22-36-33(39-29)37-25-12-14-26(15-13-25)42-20-19-41-17-4-1-5-18-41/h6,9-10,22-26H,1-5,7-8,11-21H2,(H,38,40)(H,36,37,39). The van der Waals surface area contributed by atoms with Crippen LogP contribution >= 0.6 is 0 Å². The summed E-state index contributed by atoms with van der Waals surface area (Å²) in [6.07, 6.45) is 17.9. The molecule has 6 rings (SSSR count). The van der Waals surface area contributed by atoms with E-state index in [9.17, 15) is 8.78 Å². The summed E-state index contributed by atoms with van der Waals surface area (Å²) < 4.78 is 35.3. The molecule has 2 N–H and O–H groups in total. The number of halogens is 2. The third kappa shape index (κ3) is 7.64. The average Bonchev–Trinajstić information content (AvgIpc) is 3.46. The monoisotopic (exact) mass is 580 g/mol. The molecule has 3 fully saturated rings. The van der Waals surface area contributed by atoms with Gasteiger partial charge >= 0.3 is 0 Å². The molecule has 1 aromatic carbocycles. The number of hydrogen-bond donors (Lipinski definition) is 2. The maximum atomic E-state index is 14.6. The molecule has 1 saturated heterocycles. The van der Waals surface area contributed by atoms with Gasteiger partial charge in [0.25, 0.3) is 0 Å². The van der Waals surface area contributed by atoms with Crippen LogP contribution < -0.4 is 10.6 Å². The fraction of sp³-hybridized carbons (Fsp3) is 0.667. The van der Waals surface area contributed by atoms with Crippen LogP contribution in [0.4, 0.5) is 26.1 Å². The summed E-state index contributed by atoms with van der Waals surface area (Å²) in [5.41, 5.74) is 1.47. The molecule has 42 heavy (non-hydrogen) atoms. The van der Waals surface area contributed by atoms with Gasteiger partial charge in [0.2, 0.25) is 5.95 Å². The van der Waals surface area contributed by atoms with Crippen LogP contribution in [0, 0.1) is 23.5 Å². The third-order valence-electron chi connectivity index (χ3n) is 9.73. The maximum Gasteiger partial charge on any atom is 0.223 e. The number of aromatic nitrogens is 2. The van der Waals surface area contributed by atoms with Crippen LogP contribution in [0.25, 0.3) is 0 Å². The van der Waals surface area contributed by atoms with E-state index in [0.29, 0.717) is 29.8 Å². The minimum absolute atomic E-state index is 0.0860. The lowest BCUT2D eigenvalue weighted by Gasteiger charge is -2.31. The second-order valence-electron chi connectivity index (χ2n) is 12.8. The SMILES string of the molecule is Fc1cccc(F)c1N=C1Nc2cnc(NC3CCC(OCCN4CCCCC4)CC3)nc2CCC1CC1CCCC1. The Morgan fingerprint density at radius 3 is 2.48 bits per heavy atom. The first-order chi connectivity index (χ1) is 20.6. The maximum absolute atomic E-state index is 14.6. The smallest absolute Gasteiger partial charge is 0.223 e. The van der Waals surface area contributed by atoms with Gasteiger partial charge in [0.05, 0.1) is 30.3 Å². The minimum atomic E-state index is -0.647. The summed E-state index contributed by atoms with van der Waals surface area (Å²) in [5.74, 6) is 0.687. The molecule has 7 nitrogen and oxygen atoms in total. The summed E-state index contributed by atoms with van der Waals surface area (Å²) in [5, 5.41) is 6.98. The summed E-state index contributed by atoms with van der Waals surface area (Å²) in [6, 6.07) is 4.23. The van der Waals surface area contributed by atoms with Gasteiger partial charge in [-0.3, -0.25) is 0 Å². The molecular weight excluding hydrogens is 534 g/mol. The number of amidine groups is 1. The van der Waals surface area contributed by atoms with Crippen LogP contribution in [0.5, 0.6) is 0 Å². The lowest BCUT2D eigenvalue weighted by Crippen LogP contribution is -2.35. The number of benzene rings is 1. The third-order valence-corrected chi connectivity index (χ3v) is 9.73. The van der Waals surface area contributed by atoms with Crippen LogP contribution in [0.3, 0.4) is 0 Å². The van der Waals surface area contributed by atoms with Gasteiger partial charge in [-0.05, 0) is 88.9 Å². The first-order valence-electron chi connectivity index (χ1n) is 16.4. The zero-order valence-corrected chi connectivity index (χ0v) is 24.8. The molecule has 2 saturated carbocycles. The van der Waals surface area contributed by atoms with E-state index < -0.39 is 11.6 Å². The lowest BCUT2D eigenvalue weighted by atomic mass is 9.89. The lowest BCUT2D eigenvalue weighted by molar-refractivity contribution is 0.0123. The Morgan fingerprint density at radius 2 is 1.71 bits per heavy atom. The minimum Gasteiger partial charge on any atom is -0.377 e. The second-order valence-corrected chi connectivity index (χ2v) is 12.8. The number of fused-ring (bicyclic) bond motifs is 1. The van der Waals surface area contributed by atoms with Crippen LogP contribution in [-0.2, 0) is 11.2 Å². The molecule has 1 atom stereocenters. The van der Waals surface area contributed by atoms with Gasteiger partial charge in [0, 0.05) is 18.5 Å². The number of ether oxygens (including phenoxy) is 1. The van der Waals surface area contributed by atoms with E-state index in [4.69, 9.17) is 9.72 Å². The van der Waals surface area contributed by atoms with Crippen LogP contribution in [0.15, 0.2) is 29.4 Å². The zero-order chi connectivity index (χ0) is 28.7. The van der Waals surface area contributed by atoms with Gasteiger partial charge in [0.15, 0.2) is 11.6 Å². The normalized spacial score (nSPS) is 26.5. The van der Waals surface area contributed by atoms with E-state index in [0.717, 1.165) is 69.5 Å². The van der Waals surface area contributed by atoms with Gasteiger partial charge in [-0.15, -0.1) is 0 Å². The van der Waals surface area contributed by atoms with Crippen molar-refractivity contribution in [1.82, 2.24) is 14.9 Å². The van der Waals surface area contributed by atoms with Crippen molar-refractivity contribution >= 4 is 23.2 Å². The Kier molecular flexibility index (Phi) is 9.96. The number of para-hydroxylation sites is 1. The zero-order valence-electron chi connectivity index (χ0n) is 24.8. The first kappa shape index (κ1) is 29.4. The molecule has 2 aromatic rings. The Morgan fingerprint density at radius 1 is 0.952 bits per heavy atom. The number of rotatable bonds is 9. The summed E-state index contributed by atoms with van der Waals surface area (Å²) in [4.78, 5) is 16.6. The number of piperidine rings is 1. The predicted molar refractivity (Wildman–Crippen MR) is 163 cm³/mol. The molecule has 1 aromatic heterocycles. The van der Waals surface area contributed by atoms with Gasteiger partial charge in [-0.1, -0.05) is 38.2 Å². The number of aryl methyl sites for hydroxylation is 1. The molecule has 2 aliphatic heterocycles. The van der Waals surface area contributed by atoms with E-state index in [1.54, 1.807) is 6.20 Å². The molecule has 2 aliphatic carbocycles. The summed E-state index contributed by atoms with van der Waals surface area (Å²) >= 11 is 0. The van der Waals surface area contributed by atoms with Crippen LogP contribution in [0.2, 0.25) is 0 Å². The topological polar surface area (TPSA) is 74.7 Å². The molecule has 0 spiro atoms. The van der Waals surface area contributed by atoms with Crippen molar-refractivity contribution in [2.75, 3.05) is 36.9 Å². The number of nitrogens with one attached hydrogen (secondary N) is 2. The highest BCUT2D eigenvalue weighted by molar-refractivity contribution is 5.99. The van der Waals surface area contributed by atoms with Crippen LogP contribution in [-0.4, -0.2) is 59.1 Å². The molecule has 4 aliphatic rings. The Hall–Kier alpha value is -2.65. The van der Waals surface area contributed by atoms with E-state index in [2.05, 4.69) is 25.5 Å². The molecule has 1 unspecified atom stereocenters. The van der Waals surface area contributed by atoms with Gasteiger partial charge < -0.3 is 20.3 Å². The fourth-order valence-electron chi connectivity index (χ4n) is 7.27. The fourth-order valence-corrected chi connectivity index (χ4v) is 7.27. The van der Waals surface area contributed by atoms with E-state index in [-0.39, 0.29) is 11.6 Å². The summed E-state index contributed by atoms with van der Waals surface area (Å²) in [7, 11) is 0. The number of hydrogen-bond acceptors (Lipinski definition) is 6. The quantitative estimate of drug-likeness (QED) is 0.325. The Labute approximate surface area is 248 Å². The van der Waals surface area contributed by atoms with Gasteiger partial charge in [-0.25, -0.2) is 23.7 Å². The predicted octanol–water partition coefficient (Wildman–Crippen LogP) is 7.27. The van der Waals surface area contributed by atoms with Crippen molar-refractivity contribution < 1.29 is 13.5 Å². The first-order valence-corrected chi connectivity index (χ1v) is 16.4. The van der Waals surface area contributed by atoms with Crippen molar-refractivity contribution in [2.24, 2.45) is 16.8 Å². The summed E-state index contributed by atoms with van der Waals surface area (Å²) in [6.45, 7) is 4.32. The number of likely N-dealkylation sites (tertiary alicyclic amines) is 1. The highest BCUT2D eigenvalue weighted by Gasteiger charge is 2.29. The van der Waals surface area contributed by atoms with Gasteiger partial charge in [-0.2, -0.15) is 0 Å². The molecule has 0 amide bonds. The van der Waals surface area contributed by atoms with Crippen LogP contribution in [0.1, 0.15) is 89.2 Å². The molecule has 0 bridgehead atoms. The molecular formula is C33H46F2N6O. The van der Waals surface area contributed by atoms with E-state index in [1.165, 1.54) is 76.2 Å².